The summed E-state index contributed by atoms with van der Waals surface area (Å²) in [5.41, 5.74) is 0. The molecular formula is C8H11ClF2N2O. The average Bonchev–Trinajstić information content (AvgIpc) is 2.50. The van der Waals surface area contributed by atoms with Crippen molar-refractivity contribution in [1.82, 2.24) is 9.55 Å². The van der Waals surface area contributed by atoms with Crippen molar-refractivity contribution in [3.8, 4) is 0 Å². The van der Waals surface area contributed by atoms with Crippen LogP contribution >= 0.6 is 11.6 Å². The third-order valence-electron chi connectivity index (χ3n) is 1.77. The second kappa shape index (κ2) is 4.23. The van der Waals surface area contributed by atoms with Crippen LogP contribution in [0.1, 0.15) is 25.3 Å². The molecule has 1 unspecified atom stereocenters. The highest BCUT2D eigenvalue weighted by molar-refractivity contribution is 6.22. The lowest BCUT2D eigenvalue weighted by Gasteiger charge is -2.16. The molecule has 1 aromatic heterocycles. The van der Waals surface area contributed by atoms with Gasteiger partial charge >= 0.3 is 5.38 Å². The number of aliphatic hydroxyl groups is 1. The maximum Gasteiger partial charge on any atom is 0.354 e. The molecule has 80 valence electrons. The molecule has 0 saturated carbocycles. The number of alkyl halides is 3. The number of halogens is 3. The fraction of sp³-hybridized carbons (Fsp3) is 0.625. The highest BCUT2D eigenvalue weighted by Crippen LogP contribution is 2.33. The van der Waals surface area contributed by atoms with Gasteiger partial charge in [0.15, 0.2) is 6.10 Å². The zero-order chi connectivity index (χ0) is 10.8. The highest BCUT2D eigenvalue weighted by Gasteiger charge is 2.39. The molecule has 0 aromatic carbocycles. The number of hydrogen-bond acceptors (Lipinski definition) is 2. The molecule has 0 amide bonds. The Kier molecular flexibility index (Phi) is 3.44. The zero-order valence-electron chi connectivity index (χ0n) is 7.62. The van der Waals surface area contributed by atoms with Gasteiger partial charge in [-0.2, -0.15) is 8.78 Å². The highest BCUT2D eigenvalue weighted by atomic mass is 35.5. The van der Waals surface area contributed by atoms with Gasteiger partial charge in [0.25, 0.3) is 0 Å². The second-order valence-electron chi connectivity index (χ2n) is 2.92. The van der Waals surface area contributed by atoms with Crippen LogP contribution < -0.4 is 0 Å². The van der Waals surface area contributed by atoms with Crippen molar-refractivity contribution in [2.75, 3.05) is 0 Å². The van der Waals surface area contributed by atoms with Gasteiger partial charge in [-0.25, -0.2) is 4.98 Å². The van der Waals surface area contributed by atoms with E-state index < -0.39 is 11.5 Å². The molecule has 0 bridgehead atoms. The Hall–Kier alpha value is -0.680. The summed E-state index contributed by atoms with van der Waals surface area (Å²) in [5.74, 6) is -0.105. The van der Waals surface area contributed by atoms with E-state index in [-0.39, 0.29) is 5.82 Å². The second-order valence-corrected chi connectivity index (χ2v) is 3.43. The monoisotopic (exact) mass is 224 g/mol. The standard InChI is InChI=1S/C8H11ClF2N2O/c1-2-4-13-5-3-12-7(13)6(14)8(9,10)11/h3,5-6,14H,2,4H2,1H3. The van der Waals surface area contributed by atoms with Crippen LogP contribution in [0.3, 0.4) is 0 Å². The van der Waals surface area contributed by atoms with E-state index in [0.29, 0.717) is 6.54 Å². The van der Waals surface area contributed by atoms with Gasteiger partial charge in [-0.3, -0.25) is 0 Å². The average molecular weight is 225 g/mol. The lowest BCUT2D eigenvalue weighted by Crippen LogP contribution is -2.22. The first-order valence-electron chi connectivity index (χ1n) is 4.22. The van der Waals surface area contributed by atoms with E-state index in [4.69, 9.17) is 11.6 Å². The van der Waals surface area contributed by atoms with Crippen molar-refractivity contribution in [2.45, 2.75) is 31.4 Å². The van der Waals surface area contributed by atoms with E-state index in [2.05, 4.69) is 4.98 Å². The maximum absolute atomic E-state index is 12.6. The van der Waals surface area contributed by atoms with Gasteiger partial charge in [-0.15, -0.1) is 0 Å². The Morgan fingerprint density at radius 1 is 1.71 bits per heavy atom. The van der Waals surface area contributed by atoms with Crippen LogP contribution in [0.4, 0.5) is 8.78 Å². The predicted octanol–water partition coefficient (Wildman–Crippen LogP) is 2.16. The van der Waals surface area contributed by atoms with Crippen molar-refractivity contribution in [1.29, 1.82) is 0 Å². The summed E-state index contributed by atoms with van der Waals surface area (Å²) >= 11 is 4.71. The van der Waals surface area contributed by atoms with E-state index in [1.165, 1.54) is 17.0 Å². The molecule has 6 heteroatoms. The third kappa shape index (κ3) is 2.42. The first kappa shape index (κ1) is 11.4. The fourth-order valence-corrected chi connectivity index (χ4v) is 1.24. The van der Waals surface area contributed by atoms with Crippen molar-refractivity contribution in [2.24, 2.45) is 0 Å². The van der Waals surface area contributed by atoms with Gasteiger partial charge in [0, 0.05) is 18.9 Å². The lowest BCUT2D eigenvalue weighted by molar-refractivity contribution is -0.0485. The first-order valence-corrected chi connectivity index (χ1v) is 4.60. The molecule has 0 spiro atoms. The predicted molar refractivity (Wildman–Crippen MR) is 48.3 cm³/mol. The number of aliphatic hydroxyl groups excluding tert-OH is 1. The van der Waals surface area contributed by atoms with Gasteiger partial charge in [0.2, 0.25) is 0 Å². The minimum Gasteiger partial charge on any atom is -0.378 e. The van der Waals surface area contributed by atoms with Crippen LogP contribution in [0.2, 0.25) is 0 Å². The number of nitrogens with zero attached hydrogens (tertiary/aromatic N) is 2. The summed E-state index contributed by atoms with van der Waals surface area (Å²) in [4.78, 5) is 3.65. The molecule has 0 aliphatic heterocycles. The summed E-state index contributed by atoms with van der Waals surface area (Å²) in [6.45, 7) is 2.42. The van der Waals surface area contributed by atoms with Gasteiger partial charge in [-0.05, 0) is 18.0 Å². The molecule has 1 aromatic rings. The summed E-state index contributed by atoms with van der Waals surface area (Å²) in [6.07, 6.45) is 1.59. The van der Waals surface area contributed by atoms with E-state index in [1.807, 2.05) is 6.92 Å². The van der Waals surface area contributed by atoms with Crippen molar-refractivity contribution < 1.29 is 13.9 Å². The Balaban J connectivity index is 2.89. The lowest BCUT2D eigenvalue weighted by atomic mass is 10.3. The number of rotatable bonds is 4. The largest absolute Gasteiger partial charge is 0.378 e. The molecule has 14 heavy (non-hydrogen) atoms. The van der Waals surface area contributed by atoms with E-state index in [0.717, 1.165) is 6.42 Å². The van der Waals surface area contributed by atoms with E-state index in [1.54, 1.807) is 0 Å². The van der Waals surface area contributed by atoms with Crippen LogP contribution in [0.25, 0.3) is 0 Å². The molecular weight excluding hydrogens is 214 g/mol. The number of aryl methyl sites for hydroxylation is 1. The van der Waals surface area contributed by atoms with Crippen LogP contribution in [-0.4, -0.2) is 20.0 Å². The topological polar surface area (TPSA) is 38.0 Å². The van der Waals surface area contributed by atoms with Gasteiger partial charge < -0.3 is 9.67 Å². The Labute approximate surface area is 85.3 Å². The molecule has 0 saturated heterocycles. The van der Waals surface area contributed by atoms with Gasteiger partial charge in [0.05, 0.1) is 0 Å². The molecule has 0 aliphatic carbocycles. The summed E-state index contributed by atoms with van der Waals surface area (Å²) in [7, 11) is 0. The first-order chi connectivity index (χ1) is 6.46. The van der Waals surface area contributed by atoms with Crippen LogP contribution in [-0.2, 0) is 6.54 Å². The molecule has 1 rings (SSSR count). The van der Waals surface area contributed by atoms with Crippen molar-refractivity contribution in [3.63, 3.8) is 0 Å². The van der Waals surface area contributed by atoms with Gasteiger partial charge in [-0.1, -0.05) is 6.92 Å². The maximum atomic E-state index is 12.6. The van der Waals surface area contributed by atoms with Crippen LogP contribution in [0.15, 0.2) is 12.4 Å². The zero-order valence-corrected chi connectivity index (χ0v) is 8.38. The Morgan fingerprint density at radius 3 is 2.86 bits per heavy atom. The molecule has 0 radical (unpaired) electrons. The minimum atomic E-state index is -3.68. The minimum absolute atomic E-state index is 0.105. The van der Waals surface area contributed by atoms with Crippen molar-refractivity contribution in [3.05, 3.63) is 18.2 Å². The van der Waals surface area contributed by atoms with E-state index >= 15 is 0 Å². The summed E-state index contributed by atoms with van der Waals surface area (Å²) in [5, 5.41) is 5.50. The molecule has 0 fully saturated rings. The number of aromatic nitrogens is 2. The molecule has 1 N–H and O–H groups in total. The summed E-state index contributed by atoms with van der Waals surface area (Å²) in [6, 6.07) is 0. The Morgan fingerprint density at radius 2 is 2.36 bits per heavy atom. The molecule has 3 nitrogen and oxygen atoms in total. The smallest absolute Gasteiger partial charge is 0.354 e. The van der Waals surface area contributed by atoms with Crippen molar-refractivity contribution >= 4 is 11.6 Å². The number of imidazole rings is 1. The fourth-order valence-electron chi connectivity index (χ4n) is 1.14. The molecule has 1 heterocycles. The summed E-state index contributed by atoms with van der Waals surface area (Å²) < 4.78 is 26.6. The van der Waals surface area contributed by atoms with Crippen LogP contribution in [0, 0.1) is 0 Å². The SMILES string of the molecule is CCCn1ccnc1C(O)C(F)(F)Cl. The number of hydrogen-bond donors (Lipinski definition) is 1. The molecule has 0 aliphatic rings. The third-order valence-corrected chi connectivity index (χ3v) is 1.97. The van der Waals surface area contributed by atoms with E-state index in [9.17, 15) is 13.9 Å². The normalized spacial score (nSPS) is 14.4. The Bertz CT molecular complexity index is 298. The quantitative estimate of drug-likeness (QED) is 0.796. The molecule has 1 atom stereocenters. The van der Waals surface area contributed by atoms with Gasteiger partial charge in [0.1, 0.15) is 5.82 Å². The van der Waals surface area contributed by atoms with Crippen LogP contribution in [0.5, 0.6) is 0 Å².